The van der Waals surface area contributed by atoms with Crippen molar-refractivity contribution in [3.8, 4) is 0 Å². The molecule has 5 nitrogen and oxygen atoms in total. The van der Waals surface area contributed by atoms with Crippen LogP contribution in [0.15, 0.2) is 29.2 Å². The Kier molecular flexibility index (Phi) is 5.88. The maximum atomic E-state index is 12.6. The highest BCUT2D eigenvalue weighted by atomic mass is 32.2. The van der Waals surface area contributed by atoms with Crippen molar-refractivity contribution in [2.75, 3.05) is 39.3 Å². The summed E-state index contributed by atoms with van der Waals surface area (Å²) in [6.07, 6.45) is 6.50. The van der Waals surface area contributed by atoms with E-state index in [-0.39, 0.29) is 0 Å². The molecule has 0 amide bonds. The van der Waals surface area contributed by atoms with Gasteiger partial charge in [-0.15, -0.1) is 0 Å². The number of benzene rings is 1. The van der Waals surface area contributed by atoms with E-state index in [2.05, 4.69) is 14.5 Å². The van der Waals surface area contributed by atoms with E-state index in [9.17, 15) is 8.42 Å². The van der Waals surface area contributed by atoms with Crippen molar-refractivity contribution >= 4 is 10.0 Å². The van der Waals surface area contributed by atoms with Crippen LogP contribution in [0, 0.1) is 18.8 Å². The molecular formula is C21H33N3O2S. The van der Waals surface area contributed by atoms with Crippen molar-refractivity contribution in [1.29, 1.82) is 0 Å². The zero-order valence-corrected chi connectivity index (χ0v) is 17.3. The molecule has 1 aromatic carbocycles. The lowest BCUT2D eigenvalue weighted by Gasteiger charge is -2.51. The van der Waals surface area contributed by atoms with Crippen LogP contribution >= 0.6 is 0 Å². The van der Waals surface area contributed by atoms with E-state index in [4.69, 9.17) is 0 Å². The third-order valence-electron chi connectivity index (χ3n) is 6.80. The number of nitrogens with one attached hydrogen (secondary N) is 1. The van der Waals surface area contributed by atoms with Crippen LogP contribution in [0.2, 0.25) is 0 Å². The maximum Gasteiger partial charge on any atom is 0.240 e. The fraction of sp³-hybridized carbons (Fsp3) is 0.714. The Morgan fingerprint density at radius 1 is 1.07 bits per heavy atom. The number of nitrogens with zero attached hydrogens (tertiary/aromatic N) is 2. The van der Waals surface area contributed by atoms with Gasteiger partial charge in [0.25, 0.3) is 0 Å². The largest absolute Gasteiger partial charge is 0.303 e. The summed E-state index contributed by atoms with van der Waals surface area (Å²) in [5.41, 5.74) is 1.07. The lowest BCUT2D eigenvalue weighted by Crippen LogP contribution is -2.58. The molecule has 4 saturated heterocycles. The SMILES string of the molecule is Cc1ccc(S(=O)(=O)NC[C@H]2C[C@@H]3CCN2C[C@@H]3CN2CCCCC2)cc1. The van der Waals surface area contributed by atoms with Crippen LogP contribution in [0.3, 0.4) is 0 Å². The second-order valence-corrected chi connectivity index (χ2v) is 10.5. The molecule has 0 spiro atoms. The van der Waals surface area contributed by atoms with Gasteiger partial charge < -0.3 is 4.90 Å². The van der Waals surface area contributed by atoms with Crippen molar-refractivity contribution in [2.24, 2.45) is 11.8 Å². The Hall–Kier alpha value is -0.950. The molecule has 1 unspecified atom stereocenters. The van der Waals surface area contributed by atoms with Crippen LogP contribution in [0.1, 0.15) is 37.7 Å². The molecule has 4 aliphatic rings. The fourth-order valence-electron chi connectivity index (χ4n) is 5.15. The van der Waals surface area contributed by atoms with Crippen molar-refractivity contribution in [1.82, 2.24) is 14.5 Å². The van der Waals surface area contributed by atoms with E-state index in [1.807, 2.05) is 19.1 Å². The van der Waals surface area contributed by atoms with Gasteiger partial charge in [-0.2, -0.15) is 0 Å². The van der Waals surface area contributed by atoms with Crippen molar-refractivity contribution in [3.63, 3.8) is 0 Å². The molecule has 4 aliphatic heterocycles. The van der Waals surface area contributed by atoms with Gasteiger partial charge in [0.15, 0.2) is 0 Å². The monoisotopic (exact) mass is 391 g/mol. The standard InChI is InChI=1S/C21H33N3O2S/c1-17-5-7-21(8-6-17)27(25,26)22-14-20-13-18-9-12-24(20)16-19(18)15-23-10-3-2-4-11-23/h5-8,18-20,22H,2-4,9-16H2,1H3/t18-,19-,20+/m0/s1. The van der Waals surface area contributed by atoms with E-state index >= 15 is 0 Å². The molecule has 2 bridgehead atoms. The average Bonchev–Trinajstić information content (AvgIpc) is 2.68. The first kappa shape index (κ1) is 19.4. The highest BCUT2D eigenvalue weighted by Gasteiger charge is 2.40. The minimum absolute atomic E-state index is 0.349. The van der Waals surface area contributed by atoms with Crippen molar-refractivity contribution in [2.45, 2.75) is 50.0 Å². The minimum atomic E-state index is -3.41. The summed E-state index contributed by atoms with van der Waals surface area (Å²) >= 11 is 0. The van der Waals surface area contributed by atoms with E-state index in [1.165, 1.54) is 45.3 Å². The topological polar surface area (TPSA) is 52.7 Å². The Bertz CT molecular complexity index is 728. The normalized spacial score (nSPS) is 31.9. The molecule has 5 rings (SSSR count). The van der Waals surface area contributed by atoms with E-state index in [1.54, 1.807) is 12.1 Å². The number of likely N-dealkylation sites (tertiary alicyclic amines) is 1. The number of rotatable bonds is 6. The second-order valence-electron chi connectivity index (χ2n) is 8.72. The zero-order chi connectivity index (χ0) is 18.9. The highest BCUT2D eigenvalue weighted by molar-refractivity contribution is 7.89. The lowest BCUT2D eigenvalue weighted by molar-refractivity contribution is -0.0122. The van der Waals surface area contributed by atoms with Crippen LogP contribution in [-0.4, -0.2) is 63.5 Å². The molecule has 0 radical (unpaired) electrons. The van der Waals surface area contributed by atoms with Gasteiger partial charge in [0.1, 0.15) is 0 Å². The molecule has 1 N–H and O–H groups in total. The van der Waals surface area contributed by atoms with Gasteiger partial charge >= 0.3 is 0 Å². The van der Waals surface area contributed by atoms with Gasteiger partial charge in [-0.25, -0.2) is 13.1 Å². The number of hydrogen-bond acceptors (Lipinski definition) is 4. The van der Waals surface area contributed by atoms with Crippen LogP contribution in [0.4, 0.5) is 0 Å². The summed E-state index contributed by atoms with van der Waals surface area (Å²) in [7, 11) is -3.41. The lowest BCUT2D eigenvalue weighted by atomic mass is 9.75. The van der Waals surface area contributed by atoms with Crippen LogP contribution < -0.4 is 4.72 Å². The smallest absolute Gasteiger partial charge is 0.240 e. The summed E-state index contributed by atoms with van der Waals surface area (Å²) in [6.45, 7) is 8.53. The fourth-order valence-corrected chi connectivity index (χ4v) is 6.22. The number of piperidine rings is 4. The van der Waals surface area contributed by atoms with Crippen LogP contribution in [-0.2, 0) is 10.0 Å². The summed E-state index contributed by atoms with van der Waals surface area (Å²) in [6, 6.07) is 7.44. The van der Waals surface area contributed by atoms with Gasteiger partial charge in [-0.05, 0) is 76.2 Å². The van der Waals surface area contributed by atoms with E-state index in [0.29, 0.717) is 17.5 Å². The first-order chi connectivity index (χ1) is 13.0. The molecule has 0 aromatic heterocycles. The number of fused-ring (bicyclic) bond motifs is 3. The Labute approximate surface area is 164 Å². The third-order valence-corrected chi connectivity index (χ3v) is 8.24. The summed E-state index contributed by atoms with van der Waals surface area (Å²) < 4.78 is 28.0. The summed E-state index contributed by atoms with van der Waals surface area (Å²) in [4.78, 5) is 5.56. The molecule has 27 heavy (non-hydrogen) atoms. The number of sulfonamides is 1. The maximum absolute atomic E-state index is 12.6. The van der Waals surface area contributed by atoms with E-state index in [0.717, 1.165) is 36.9 Å². The Balaban J connectivity index is 1.32. The van der Waals surface area contributed by atoms with Gasteiger partial charge in [0.05, 0.1) is 4.90 Å². The van der Waals surface area contributed by atoms with Gasteiger partial charge in [-0.1, -0.05) is 24.1 Å². The molecule has 4 heterocycles. The molecule has 150 valence electrons. The predicted octanol–water partition coefficient (Wildman–Crippen LogP) is 2.47. The minimum Gasteiger partial charge on any atom is -0.303 e. The van der Waals surface area contributed by atoms with Gasteiger partial charge in [0, 0.05) is 25.7 Å². The average molecular weight is 392 g/mol. The van der Waals surface area contributed by atoms with Gasteiger partial charge in [0.2, 0.25) is 10.0 Å². The highest BCUT2D eigenvalue weighted by Crippen LogP contribution is 2.37. The predicted molar refractivity (Wildman–Crippen MR) is 108 cm³/mol. The molecular weight excluding hydrogens is 358 g/mol. The molecule has 0 aliphatic carbocycles. The summed E-state index contributed by atoms with van der Waals surface area (Å²) in [5.74, 6) is 1.52. The van der Waals surface area contributed by atoms with Crippen molar-refractivity contribution < 1.29 is 8.42 Å². The third kappa shape index (κ3) is 4.56. The first-order valence-electron chi connectivity index (χ1n) is 10.5. The first-order valence-corrected chi connectivity index (χ1v) is 12.0. The number of hydrogen-bond donors (Lipinski definition) is 1. The van der Waals surface area contributed by atoms with E-state index < -0.39 is 10.0 Å². The molecule has 6 heteroatoms. The molecule has 4 atom stereocenters. The molecule has 0 saturated carbocycles. The summed E-state index contributed by atoms with van der Waals surface area (Å²) in [5, 5.41) is 0. The Morgan fingerprint density at radius 3 is 2.48 bits per heavy atom. The van der Waals surface area contributed by atoms with Gasteiger partial charge in [-0.3, -0.25) is 4.90 Å². The van der Waals surface area contributed by atoms with Crippen LogP contribution in [0.5, 0.6) is 0 Å². The molecule has 1 aromatic rings. The second kappa shape index (κ2) is 8.19. The molecule has 4 fully saturated rings. The quantitative estimate of drug-likeness (QED) is 0.809. The van der Waals surface area contributed by atoms with Crippen molar-refractivity contribution in [3.05, 3.63) is 29.8 Å². The Morgan fingerprint density at radius 2 is 1.81 bits per heavy atom. The number of aryl methyl sites for hydroxylation is 1. The van der Waals surface area contributed by atoms with Crippen LogP contribution in [0.25, 0.3) is 0 Å². The zero-order valence-electron chi connectivity index (χ0n) is 16.4.